The number of rotatable bonds is 8. The molecule has 0 atom stereocenters. The number of carbonyl (C=O) groups excluding carboxylic acids is 1. The maximum Gasteiger partial charge on any atom is 0.277 e. The van der Waals surface area contributed by atoms with E-state index in [1.807, 2.05) is 24.3 Å². The van der Waals surface area contributed by atoms with Crippen molar-refractivity contribution in [3.8, 4) is 0 Å². The molecule has 0 saturated carbocycles. The van der Waals surface area contributed by atoms with Crippen molar-refractivity contribution in [2.24, 2.45) is 0 Å². The number of fused-ring (bicyclic) bond motifs is 2. The number of nitrogens with zero attached hydrogens (tertiary/aromatic N) is 4. The first kappa shape index (κ1) is 22.9. The molecule has 0 fully saturated rings. The van der Waals surface area contributed by atoms with Crippen LogP contribution in [0.3, 0.4) is 0 Å². The Bertz CT molecular complexity index is 1570. The van der Waals surface area contributed by atoms with Crippen LogP contribution in [0.15, 0.2) is 57.0 Å². The van der Waals surface area contributed by atoms with Crippen LogP contribution in [0.2, 0.25) is 0 Å². The highest BCUT2D eigenvalue weighted by atomic mass is 32.2. The zero-order valence-corrected chi connectivity index (χ0v) is 21.0. The lowest BCUT2D eigenvalue weighted by molar-refractivity contribution is -0.113. The van der Waals surface area contributed by atoms with Gasteiger partial charge in [-0.2, -0.15) is 0 Å². The molecule has 174 valence electrons. The van der Waals surface area contributed by atoms with Crippen molar-refractivity contribution in [1.82, 2.24) is 20.2 Å². The second kappa shape index (κ2) is 9.41. The quantitative estimate of drug-likeness (QED) is 0.293. The number of para-hydroxylation sites is 1. The molecule has 1 amide bonds. The highest BCUT2D eigenvalue weighted by molar-refractivity contribution is 7.99. The Kier molecular flexibility index (Phi) is 6.34. The van der Waals surface area contributed by atoms with Crippen LogP contribution in [-0.4, -0.2) is 46.5 Å². The highest BCUT2D eigenvalue weighted by Crippen LogP contribution is 2.29. The summed E-state index contributed by atoms with van der Waals surface area (Å²) in [7, 11) is -3.31. The standard InChI is InChI=1S/C21H17N5O4S4/c1-34(28,29)12-6-7-14-16(10-12)33-20(23-14)24-17(27)11-31-21-26-25-18(30-21)8-9-19-22-13-4-2-3-5-15(13)32-19/h2-7,10H,8-9,11H2,1H3,(H,23,24,27). The molecular formula is C21H17N5O4S4. The van der Waals surface area contributed by atoms with Crippen molar-refractivity contribution in [3.63, 3.8) is 0 Å². The van der Waals surface area contributed by atoms with E-state index in [0.717, 1.165) is 33.2 Å². The molecule has 13 heteroatoms. The molecule has 0 radical (unpaired) electrons. The summed E-state index contributed by atoms with van der Waals surface area (Å²) in [5.74, 6) is 0.293. The van der Waals surface area contributed by atoms with E-state index >= 15 is 0 Å². The average molecular weight is 532 g/mol. The van der Waals surface area contributed by atoms with Crippen LogP contribution in [0, 0.1) is 0 Å². The molecular weight excluding hydrogens is 515 g/mol. The Labute approximate surface area is 206 Å². The third-order valence-corrected chi connectivity index (χ3v) is 8.66. The summed E-state index contributed by atoms with van der Waals surface area (Å²) in [5, 5.41) is 12.5. The summed E-state index contributed by atoms with van der Waals surface area (Å²) in [6.45, 7) is 0. The second-order valence-corrected chi connectivity index (χ2v) is 12.4. The normalized spacial score (nSPS) is 11.9. The van der Waals surface area contributed by atoms with Gasteiger partial charge in [0.15, 0.2) is 15.0 Å². The Morgan fingerprint density at radius 3 is 2.68 bits per heavy atom. The third-order valence-electron chi connectivity index (χ3n) is 4.70. The number of thioether (sulfide) groups is 1. The minimum atomic E-state index is -3.31. The molecule has 0 unspecified atom stereocenters. The summed E-state index contributed by atoms with van der Waals surface area (Å²) >= 11 is 4.00. The van der Waals surface area contributed by atoms with Gasteiger partial charge in [0.05, 0.1) is 36.1 Å². The Morgan fingerprint density at radius 1 is 1.03 bits per heavy atom. The number of sulfone groups is 1. The van der Waals surface area contributed by atoms with Gasteiger partial charge in [-0.15, -0.1) is 21.5 Å². The molecule has 2 aromatic carbocycles. The molecule has 0 spiro atoms. The maximum absolute atomic E-state index is 12.3. The monoisotopic (exact) mass is 531 g/mol. The molecule has 0 bridgehead atoms. The number of amides is 1. The van der Waals surface area contributed by atoms with Crippen molar-refractivity contribution in [2.45, 2.75) is 23.0 Å². The Morgan fingerprint density at radius 2 is 1.85 bits per heavy atom. The summed E-state index contributed by atoms with van der Waals surface area (Å²) in [5.41, 5.74) is 1.61. The van der Waals surface area contributed by atoms with E-state index in [0.29, 0.717) is 39.3 Å². The van der Waals surface area contributed by atoms with E-state index in [4.69, 9.17) is 4.42 Å². The summed E-state index contributed by atoms with van der Waals surface area (Å²) in [6.07, 6.45) is 2.42. The molecule has 0 aliphatic rings. The van der Waals surface area contributed by atoms with Crippen molar-refractivity contribution < 1.29 is 17.6 Å². The van der Waals surface area contributed by atoms with Gasteiger partial charge < -0.3 is 9.73 Å². The summed E-state index contributed by atoms with van der Waals surface area (Å²) < 4.78 is 30.9. The van der Waals surface area contributed by atoms with Crippen LogP contribution in [-0.2, 0) is 27.5 Å². The number of thiazole rings is 2. The summed E-state index contributed by atoms with van der Waals surface area (Å²) in [6, 6.07) is 12.7. The van der Waals surface area contributed by atoms with Crippen molar-refractivity contribution >= 4 is 75.7 Å². The lowest BCUT2D eigenvalue weighted by atomic mass is 10.3. The van der Waals surface area contributed by atoms with E-state index in [9.17, 15) is 13.2 Å². The predicted molar refractivity (Wildman–Crippen MR) is 133 cm³/mol. The number of aromatic nitrogens is 4. The predicted octanol–water partition coefficient (Wildman–Crippen LogP) is 4.21. The largest absolute Gasteiger partial charge is 0.416 e. The number of nitrogens with one attached hydrogen (secondary N) is 1. The van der Waals surface area contributed by atoms with E-state index < -0.39 is 9.84 Å². The van der Waals surface area contributed by atoms with E-state index in [1.54, 1.807) is 23.5 Å². The lowest BCUT2D eigenvalue weighted by Crippen LogP contribution is -2.13. The van der Waals surface area contributed by atoms with Gasteiger partial charge in [-0.05, 0) is 30.3 Å². The van der Waals surface area contributed by atoms with Gasteiger partial charge >= 0.3 is 0 Å². The molecule has 0 aliphatic heterocycles. The third kappa shape index (κ3) is 5.27. The molecule has 1 N–H and O–H groups in total. The molecule has 34 heavy (non-hydrogen) atoms. The van der Waals surface area contributed by atoms with Gasteiger partial charge in [0.25, 0.3) is 5.22 Å². The molecule has 0 aliphatic carbocycles. The van der Waals surface area contributed by atoms with Gasteiger partial charge in [0.2, 0.25) is 11.8 Å². The van der Waals surface area contributed by atoms with Gasteiger partial charge in [0, 0.05) is 19.1 Å². The van der Waals surface area contributed by atoms with E-state index in [-0.39, 0.29) is 16.6 Å². The van der Waals surface area contributed by atoms with Crippen molar-refractivity contribution in [3.05, 3.63) is 53.4 Å². The maximum atomic E-state index is 12.3. The smallest absolute Gasteiger partial charge is 0.277 e. The average Bonchev–Trinajstić information content (AvgIpc) is 3.52. The van der Waals surface area contributed by atoms with Gasteiger partial charge in [-0.3, -0.25) is 4.79 Å². The minimum absolute atomic E-state index is 0.0734. The first-order valence-corrected chi connectivity index (χ1v) is 14.5. The van der Waals surface area contributed by atoms with Crippen LogP contribution < -0.4 is 5.32 Å². The van der Waals surface area contributed by atoms with Crippen molar-refractivity contribution in [2.75, 3.05) is 17.3 Å². The fourth-order valence-corrected chi connectivity index (χ4v) is 6.30. The van der Waals surface area contributed by atoms with Crippen LogP contribution in [0.4, 0.5) is 5.13 Å². The van der Waals surface area contributed by atoms with Gasteiger partial charge in [0.1, 0.15) is 0 Å². The van der Waals surface area contributed by atoms with Crippen LogP contribution in [0.25, 0.3) is 20.4 Å². The lowest BCUT2D eigenvalue weighted by Gasteiger charge is -1.98. The minimum Gasteiger partial charge on any atom is -0.416 e. The van der Waals surface area contributed by atoms with Crippen LogP contribution in [0.5, 0.6) is 0 Å². The first-order valence-electron chi connectivity index (χ1n) is 10.0. The van der Waals surface area contributed by atoms with Crippen molar-refractivity contribution in [1.29, 1.82) is 0 Å². The SMILES string of the molecule is CS(=O)(=O)c1ccc2nc(NC(=O)CSc3nnc(CCc4nc5ccccc5s4)o3)sc2c1. The van der Waals surface area contributed by atoms with E-state index in [1.165, 1.54) is 17.4 Å². The number of aryl methyl sites for hydroxylation is 2. The Hall–Kier alpha value is -2.87. The molecule has 0 saturated heterocycles. The first-order chi connectivity index (χ1) is 16.3. The number of hydrogen-bond donors (Lipinski definition) is 1. The zero-order chi connectivity index (χ0) is 23.7. The fraction of sp³-hybridized carbons (Fsp3) is 0.190. The zero-order valence-electron chi connectivity index (χ0n) is 17.7. The summed E-state index contributed by atoms with van der Waals surface area (Å²) in [4.78, 5) is 21.5. The molecule has 5 aromatic rings. The van der Waals surface area contributed by atoms with E-state index in [2.05, 4.69) is 25.5 Å². The van der Waals surface area contributed by atoms with Gasteiger partial charge in [-0.25, -0.2) is 18.4 Å². The second-order valence-electron chi connectivity index (χ2n) is 7.29. The number of carbonyl (C=O) groups is 1. The number of anilines is 1. The molecule has 9 nitrogen and oxygen atoms in total. The number of benzene rings is 2. The van der Waals surface area contributed by atoms with Gasteiger partial charge in [-0.1, -0.05) is 35.2 Å². The molecule has 3 aromatic heterocycles. The molecule has 3 heterocycles. The Balaban J connectivity index is 1.14. The van der Waals surface area contributed by atoms with Crippen LogP contribution >= 0.6 is 34.4 Å². The number of hydrogen-bond acceptors (Lipinski definition) is 11. The topological polar surface area (TPSA) is 128 Å². The fourth-order valence-electron chi connectivity index (χ4n) is 3.11. The highest BCUT2D eigenvalue weighted by Gasteiger charge is 2.14. The molecule has 5 rings (SSSR count). The van der Waals surface area contributed by atoms with Crippen LogP contribution in [0.1, 0.15) is 10.9 Å².